The Morgan fingerprint density at radius 1 is 1.31 bits per heavy atom. The number of carbonyl (C=O) groups is 1. The molecule has 0 aliphatic carbocycles. The van der Waals surface area contributed by atoms with Gasteiger partial charge in [0.2, 0.25) is 7.44 Å². The molecule has 3 rings (SSSR count). The van der Waals surface area contributed by atoms with E-state index in [-0.39, 0.29) is 25.3 Å². The summed E-state index contributed by atoms with van der Waals surface area (Å²) in [7, 11) is -3.52. The van der Waals surface area contributed by atoms with E-state index in [9.17, 15) is 13.8 Å². The van der Waals surface area contributed by atoms with Crippen LogP contribution in [0.15, 0.2) is 36.9 Å². The van der Waals surface area contributed by atoms with Crippen molar-refractivity contribution in [3.8, 4) is 0 Å². The summed E-state index contributed by atoms with van der Waals surface area (Å²) >= 11 is 0. The van der Waals surface area contributed by atoms with Crippen LogP contribution in [-0.2, 0) is 31.9 Å². The van der Waals surface area contributed by atoms with Gasteiger partial charge in [0.25, 0.3) is 0 Å². The molecule has 2 atom stereocenters. The van der Waals surface area contributed by atoms with E-state index in [0.29, 0.717) is 29.7 Å². The number of rotatable bonds is 13. The second-order valence-electron chi connectivity index (χ2n) is 9.01. The Labute approximate surface area is 209 Å². The molecule has 4 N–H and O–H groups in total. The first-order valence-corrected chi connectivity index (χ1v) is 13.5. The summed E-state index contributed by atoms with van der Waals surface area (Å²) < 4.78 is 40.5. The number of aromatic nitrogens is 4. The zero-order valence-electron chi connectivity index (χ0n) is 20.9. The molecular weight excluding hydrogens is 488 g/mol. The summed E-state index contributed by atoms with van der Waals surface area (Å²) in [5.41, 5.74) is 6.23. The van der Waals surface area contributed by atoms with Crippen molar-refractivity contribution in [2.45, 2.75) is 58.8 Å². The molecule has 0 saturated carbocycles. The molecule has 3 aromatic rings. The highest BCUT2D eigenvalue weighted by Gasteiger charge is 2.37. The predicted octanol–water partition coefficient (Wildman–Crippen LogP) is 3.21. The van der Waals surface area contributed by atoms with E-state index in [4.69, 9.17) is 15.2 Å². The van der Waals surface area contributed by atoms with Crippen molar-refractivity contribution in [2.75, 3.05) is 18.7 Å². The lowest BCUT2D eigenvalue weighted by molar-refractivity contribution is -0.149. The number of hydrogen-bond acceptors (Lipinski definition) is 8. The second-order valence-corrected chi connectivity index (χ2v) is 11.3. The first kappa shape index (κ1) is 27.7. The summed E-state index contributed by atoms with van der Waals surface area (Å²) in [5, 5.41) is 5.86. The van der Waals surface area contributed by atoms with Gasteiger partial charge in [0.15, 0.2) is 11.5 Å². The molecule has 1 aromatic carbocycles. The van der Waals surface area contributed by atoms with Crippen LogP contribution >= 0.6 is 7.44 Å². The molecule has 0 unspecified atom stereocenters. The number of anilines is 1. The van der Waals surface area contributed by atoms with Crippen molar-refractivity contribution in [1.29, 1.82) is 0 Å². The number of ether oxygens (including phenoxy) is 2. The maximum atomic E-state index is 13.9. The van der Waals surface area contributed by atoms with Gasteiger partial charge >= 0.3 is 5.97 Å². The first-order chi connectivity index (χ1) is 17.0. The smallest absolute Gasteiger partial charge is 0.326 e. The molecule has 2 heterocycles. The highest BCUT2D eigenvalue weighted by molar-refractivity contribution is 7.59. The van der Waals surface area contributed by atoms with Crippen LogP contribution < -0.4 is 15.9 Å². The van der Waals surface area contributed by atoms with Gasteiger partial charge in [0.1, 0.15) is 29.5 Å². The Morgan fingerprint density at radius 2 is 2.08 bits per heavy atom. The lowest BCUT2D eigenvalue weighted by Gasteiger charge is -2.31. The fraction of sp³-hybridized carbons (Fsp3) is 0.478. The van der Waals surface area contributed by atoms with Gasteiger partial charge < -0.3 is 19.8 Å². The number of fused-ring (bicyclic) bond motifs is 1. The van der Waals surface area contributed by atoms with Crippen LogP contribution in [0, 0.1) is 5.82 Å². The third kappa shape index (κ3) is 7.30. The number of hydrogen-bond donors (Lipinski definition) is 3. The second kappa shape index (κ2) is 11.9. The topological polar surface area (TPSA) is 146 Å². The Morgan fingerprint density at radius 3 is 2.81 bits per heavy atom. The molecule has 0 radical (unpaired) electrons. The minimum Gasteiger partial charge on any atom is -0.464 e. The molecule has 0 amide bonds. The first-order valence-electron chi connectivity index (χ1n) is 11.6. The van der Waals surface area contributed by atoms with Crippen molar-refractivity contribution < 1.29 is 23.2 Å². The highest BCUT2D eigenvalue weighted by atomic mass is 31.2. The van der Waals surface area contributed by atoms with Gasteiger partial charge in [-0.05, 0) is 44.9 Å². The molecule has 0 fully saturated rings. The van der Waals surface area contributed by atoms with Crippen LogP contribution in [-0.4, -0.2) is 50.1 Å². The Kier molecular flexibility index (Phi) is 9.13. The van der Waals surface area contributed by atoms with Crippen LogP contribution in [0.4, 0.5) is 10.2 Å². The molecule has 36 heavy (non-hydrogen) atoms. The quantitative estimate of drug-likeness (QED) is 0.226. The van der Waals surface area contributed by atoms with Crippen molar-refractivity contribution in [1.82, 2.24) is 29.7 Å². The van der Waals surface area contributed by atoms with Crippen LogP contribution in [0.25, 0.3) is 11.2 Å². The van der Waals surface area contributed by atoms with Crippen LogP contribution in [0.5, 0.6) is 0 Å². The summed E-state index contributed by atoms with van der Waals surface area (Å²) in [6, 6.07) is 5.96. The van der Waals surface area contributed by atoms with E-state index < -0.39 is 30.9 Å². The molecule has 11 nitrogen and oxygen atoms in total. The number of nitrogen functional groups attached to an aromatic ring is 1. The fourth-order valence-corrected chi connectivity index (χ4v) is 5.58. The van der Waals surface area contributed by atoms with Crippen molar-refractivity contribution in [3.05, 3.63) is 48.3 Å². The number of nitrogens with one attached hydrogen (secondary N) is 2. The number of carbonyl (C=O) groups excluding carboxylic acids is 1. The van der Waals surface area contributed by atoms with Gasteiger partial charge in [-0.2, -0.15) is 0 Å². The summed E-state index contributed by atoms with van der Waals surface area (Å²) in [6.45, 7) is 7.60. The predicted molar refractivity (Wildman–Crippen MR) is 134 cm³/mol. The lowest BCUT2D eigenvalue weighted by Crippen LogP contribution is -2.48. The largest absolute Gasteiger partial charge is 0.464 e. The zero-order valence-corrected chi connectivity index (χ0v) is 21.8. The van der Waals surface area contributed by atoms with E-state index in [1.165, 1.54) is 18.5 Å². The Hall–Kier alpha value is -2.92. The average molecular weight is 522 g/mol. The molecular formula is C23H33FN7O4P. The number of nitrogens with zero attached hydrogens (tertiary/aromatic N) is 4. The van der Waals surface area contributed by atoms with Gasteiger partial charge in [-0.1, -0.05) is 19.1 Å². The standard InChI is InChI=1S/C23H33FN7O4P/c1-5-9-34-22(32)23(3,4)30-36(33,29-11-17-7-6-8-18(24)10-17)15-35-16(2)12-31-14-28-19-20(25)26-13-27-21(19)31/h6-8,10,13-14,16H,5,9,11-12,15H2,1-4H3,(H2,25,26,27)(H2,29,30,33)/t16-,36+/m1/s1. The third-order valence-corrected chi connectivity index (χ3v) is 7.36. The molecule has 196 valence electrons. The SMILES string of the molecule is CCCOC(=O)C(C)(C)N[P@](=O)(CO[C@H](C)Cn1cnc2c(N)ncnc21)NCc1cccc(F)c1. The van der Waals surface area contributed by atoms with Crippen LogP contribution in [0.1, 0.15) is 39.7 Å². The normalized spacial score (nSPS) is 14.5. The molecule has 0 saturated heterocycles. The molecule has 0 aliphatic heterocycles. The molecule has 0 aliphatic rings. The monoisotopic (exact) mass is 521 g/mol. The maximum absolute atomic E-state index is 13.9. The number of nitrogens with two attached hydrogens (primary N) is 1. The number of halogens is 1. The molecule has 0 spiro atoms. The van der Waals surface area contributed by atoms with E-state index in [1.807, 2.05) is 13.8 Å². The van der Waals surface area contributed by atoms with Gasteiger partial charge in [-0.3, -0.25) is 9.36 Å². The summed E-state index contributed by atoms with van der Waals surface area (Å²) in [6.07, 6.45) is 2.97. The van der Waals surface area contributed by atoms with Gasteiger partial charge in [0, 0.05) is 6.54 Å². The van der Waals surface area contributed by atoms with Gasteiger partial charge in [0.05, 0.1) is 25.6 Å². The van der Waals surface area contributed by atoms with E-state index in [0.717, 1.165) is 0 Å². The van der Waals surface area contributed by atoms with Crippen LogP contribution in [0.3, 0.4) is 0 Å². The Balaban J connectivity index is 1.72. The third-order valence-electron chi connectivity index (χ3n) is 5.26. The molecule has 2 aromatic heterocycles. The average Bonchev–Trinajstić information content (AvgIpc) is 3.24. The van der Waals surface area contributed by atoms with Crippen LogP contribution in [0.2, 0.25) is 0 Å². The summed E-state index contributed by atoms with van der Waals surface area (Å²) in [4.78, 5) is 25.0. The zero-order chi connectivity index (χ0) is 26.3. The lowest BCUT2D eigenvalue weighted by atomic mass is 10.1. The summed E-state index contributed by atoms with van der Waals surface area (Å²) in [5.74, 6) is -0.658. The number of imidazole rings is 1. The molecule has 13 heteroatoms. The minimum absolute atomic E-state index is 0.0994. The van der Waals surface area contributed by atoms with E-state index >= 15 is 0 Å². The maximum Gasteiger partial charge on any atom is 0.326 e. The van der Waals surface area contributed by atoms with E-state index in [2.05, 4.69) is 25.1 Å². The molecule has 0 bridgehead atoms. The number of benzene rings is 1. The van der Waals surface area contributed by atoms with Gasteiger partial charge in [-0.15, -0.1) is 0 Å². The highest BCUT2D eigenvalue weighted by Crippen LogP contribution is 2.40. The van der Waals surface area contributed by atoms with Crippen molar-refractivity contribution >= 4 is 30.4 Å². The van der Waals surface area contributed by atoms with Crippen molar-refractivity contribution in [3.63, 3.8) is 0 Å². The minimum atomic E-state index is -3.52. The van der Waals surface area contributed by atoms with E-state index in [1.54, 1.807) is 36.9 Å². The Bertz CT molecular complexity index is 1240. The van der Waals surface area contributed by atoms with Crippen molar-refractivity contribution in [2.24, 2.45) is 0 Å². The van der Waals surface area contributed by atoms with Gasteiger partial charge in [-0.25, -0.2) is 29.5 Å². The fourth-order valence-electron chi connectivity index (χ4n) is 3.45. The number of esters is 1.